The molecular formula is H7ClFN3. The average Bonchev–Trinajstić information content (AvgIpc) is 0.918. The summed E-state index contributed by atoms with van der Waals surface area (Å²) in [7, 11) is 0. The van der Waals surface area contributed by atoms with Crippen LogP contribution in [0.4, 0.5) is 4.70 Å². The third kappa shape index (κ3) is 1810. The molecule has 0 aliphatic rings. The van der Waals surface area contributed by atoms with Gasteiger partial charge in [-0.05, 0) is 0 Å². The van der Waals surface area contributed by atoms with Crippen molar-refractivity contribution in [3.63, 3.8) is 0 Å². The van der Waals surface area contributed by atoms with E-state index >= 15 is 0 Å². The fraction of sp³-hybridized carbons (Fsp3) is 0. The van der Waals surface area contributed by atoms with Gasteiger partial charge in [0, 0.05) is 0 Å². The average molecular weight is 104 g/mol. The van der Waals surface area contributed by atoms with E-state index in [1.807, 2.05) is 0 Å². The highest BCUT2D eigenvalue weighted by atomic mass is 35.5. The number of halogens is 2. The van der Waals surface area contributed by atoms with Gasteiger partial charge in [-0.1, -0.05) is 0 Å². The van der Waals surface area contributed by atoms with Gasteiger partial charge >= 0.3 is 0 Å². The van der Waals surface area contributed by atoms with Crippen molar-refractivity contribution in [1.29, 1.82) is 0 Å². The first-order valence-electron chi connectivity index (χ1n) is 0.577. The lowest BCUT2D eigenvalue weighted by Crippen LogP contribution is -2.29. The Kier molecular flexibility index (Phi) is 127. The van der Waals surface area contributed by atoms with E-state index in [2.05, 4.69) is 11.7 Å². The molecule has 0 aromatic rings. The Balaban J connectivity index is -0.0000000200. The minimum atomic E-state index is 0. The zero-order valence-electron chi connectivity index (χ0n) is 2.47. The van der Waals surface area contributed by atoms with Crippen LogP contribution in [0.2, 0.25) is 0 Å². The van der Waals surface area contributed by atoms with E-state index in [1.54, 1.807) is 5.53 Å². The second kappa shape index (κ2) is 32.6. The topological polar surface area (TPSA) is 64.1 Å². The highest BCUT2D eigenvalue weighted by Crippen LogP contribution is 0.690. The molecule has 0 spiro atoms. The van der Waals surface area contributed by atoms with E-state index in [4.69, 9.17) is 0 Å². The second-order valence-electron chi connectivity index (χ2n) is 0.167. The van der Waals surface area contributed by atoms with Crippen molar-refractivity contribution in [2.45, 2.75) is 0 Å². The molecule has 0 amide bonds. The number of nitrogens with one attached hydrogen (secondary N) is 1. The maximum atomic E-state index is 4.38. The maximum Gasteiger partial charge on any atom is -0.147 e. The van der Waals surface area contributed by atoms with Gasteiger partial charge in [-0.15, -0.1) is 12.4 Å². The third-order valence-corrected chi connectivity index (χ3v) is 0. The Morgan fingerprint density at radius 3 is 1.20 bits per heavy atom. The van der Waals surface area contributed by atoms with Crippen LogP contribution in [0.25, 0.3) is 0 Å². The molecule has 36 valence electrons. The minimum absolute atomic E-state index is 0. The van der Waals surface area contributed by atoms with Crippen molar-refractivity contribution >= 4 is 12.4 Å². The van der Waals surface area contributed by atoms with Crippen molar-refractivity contribution in [1.82, 2.24) is 5.53 Å². The molecule has 0 unspecified atom stereocenters. The lowest BCUT2D eigenvalue weighted by Gasteiger charge is -1.64. The van der Waals surface area contributed by atoms with Gasteiger partial charge in [-0.3, -0.25) is 16.4 Å². The predicted molar refractivity (Wildman–Crippen MR) is 21.3 cm³/mol. The van der Waals surface area contributed by atoms with E-state index in [0.717, 1.165) is 0 Å². The Labute approximate surface area is 35.4 Å². The van der Waals surface area contributed by atoms with Crippen molar-refractivity contribution in [2.24, 2.45) is 11.7 Å². The minimum Gasteiger partial charge on any atom is -0.269 e. The van der Waals surface area contributed by atoms with Crippen LogP contribution in [-0.4, -0.2) is 0 Å². The molecule has 0 rings (SSSR count). The molecule has 0 aromatic carbocycles. The van der Waals surface area contributed by atoms with Gasteiger partial charge in [0.05, 0.1) is 0 Å². The first kappa shape index (κ1) is 19.4. The molecule has 0 saturated carbocycles. The molecule has 3 nitrogen and oxygen atoms in total. The summed E-state index contributed by atoms with van der Waals surface area (Å²) in [6, 6.07) is 0. The molecule has 0 aliphatic heterocycles. The van der Waals surface area contributed by atoms with Crippen LogP contribution >= 0.6 is 12.4 Å². The van der Waals surface area contributed by atoms with Gasteiger partial charge in [0.15, 0.2) is 0 Å². The molecule has 0 aromatic heterocycles. The van der Waals surface area contributed by atoms with E-state index < -0.39 is 0 Å². The van der Waals surface area contributed by atoms with Crippen molar-refractivity contribution in [2.75, 3.05) is 0 Å². The van der Waals surface area contributed by atoms with Crippen LogP contribution in [-0.2, 0) is 0 Å². The highest BCUT2D eigenvalue weighted by molar-refractivity contribution is 5.85. The maximum absolute atomic E-state index is 4.38. The highest BCUT2D eigenvalue weighted by Gasteiger charge is 1.19. The fourth-order valence-electron chi connectivity index (χ4n) is 0. The molecule has 5 N–H and O–H groups in total. The van der Waals surface area contributed by atoms with Crippen molar-refractivity contribution < 1.29 is 4.70 Å². The van der Waals surface area contributed by atoms with Gasteiger partial charge in [-0.2, -0.15) is 5.53 Å². The normalized spacial score (nSPS) is 3.60. The van der Waals surface area contributed by atoms with Gasteiger partial charge < -0.3 is 0 Å². The van der Waals surface area contributed by atoms with Gasteiger partial charge in [0.25, 0.3) is 0 Å². The summed E-state index contributed by atoms with van der Waals surface area (Å²) in [5.41, 5.74) is 1.75. The summed E-state index contributed by atoms with van der Waals surface area (Å²) >= 11 is 0. The zero-order chi connectivity index (χ0) is 2.71. The first-order chi connectivity index (χ1) is 1.41. The van der Waals surface area contributed by atoms with Crippen LogP contribution in [0.5, 0.6) is 0 Å². The first-order valence-corrected chi connectivity index (χ1v) is 0.577. The number of hydrogen-bond donors (Lipinski definition) is 3. The van der Waals surface area contributed by atoms with Crippen LogP contribution < -0.4 is 17.2 Å². The lowest BCUT2D eigenvalue weighted by atomic mass is 12.6. The zero-order valence-corrected chi connectivity index (χ0v) is 3.29. The van der Waals surface area contributed by atoms with Crippen LogP contribution in [0, 0.1) is 0 Å². The summed E-state index contributed by atoms with van der Waals surface area (Å²) < 4.78 is 0. The largest absolute Gasteiger partial charge is 0.269 e. The van der Waals surface area contributed by atoms with Gasteiger partial charge in [-0.25, -0.2) is 0 Å². The predicted octanol–water partition coefficient (Wildman–Crippen LogP) is -1.10. The summed E-state index contributed by atoms with van der Waals surface area (Å²) in [5, 5.41) is 0. The molecule has 0 heterocycles. The summed E-state index contributed by atoms with van der Waals surface area (Å²) in [4.78, 5) is 0. The molecule has 0 radical (unpaired) electrons. The molecule has 0 bridgehead atoms. The Bertz CT molecular complexity index is 6.85. The van der Waals surface area contributed by atoms with Gasteiger partial charge in [0.2, 0.25) is 0 Å². The van der Waals surface area contributed by atoms with E-state index in [9.17, 15) is 0 Å². The molecular weight excluding hydrogens is 96.5 g/mol. The van der Waals surface area contributed by atoms with Crippen LogP contribution in [0.15, 0.2) is 0 Å². The molecule has 5 heteroatoms. The Hall–Kier alpha value is 0.1000. The monoisotopic (exact) mass is 103 g/mol. The summed E-state index contributed by atoms with van der Waals surface area (Å²) in [6.45, 7) is 0. The molecule has 5 heavy (non-hydrogen) atoms. The Morgan fingerprint density at radius 1 is 1.20 bits per heavy atom. The van der Waals surface area contributed by atoms with Gasteiger partial charge in [0.1, 0.15) is 0 Å². The SMILES string of the molecule is Cl.F.NNN. The van der Waals surface area contributed by atoms with Crippen LogP contribution in [0.3, 0.4) is 0 Å². The number of rotatable bonds is 0. The van der Waals surface area contributed by atoms with Crippen molar-refractivity contribution in [3.05, 3.63) is 0 Å². The molecule has 0 saturated heterocycles. The smallest absolute Gasteiger partial charge is 0.147 e. The van der Waals surface area contributed by atoms with Crippen LogP contribution in [0.1, 0.15) is 0 Å². The molecule has 0 atom stereocenters. The van der Waals surface area contributed by atoms with E-state index in [-0.39, 0.29) is 17.1 Å². The quantitative estimate of drug-likeness (QED) is 0.269. The fourth-order valence-corrected chi connectivity index (χ4v) is 0. The number of hydrogen-bond acceptors (Lipinski definition) is 3. The Morgan fingerprint density at radius 2 is 1.20 bits per heavy atom. The summed E-state index contributed by atoms with van der Waals surface area (Å²) in [5.74, 6) is 8.75. The third-order valence-electron chi connectivity index (χ3n) is 0. The number of hydrazine groups is 2. The second-order valence-corrected chi connectivity index (χ2v) is 0.167. The standard InChI is InChI=1S/ClH.FH.H5N3/c;;1-3-2/h2*1H;3H,1-2H2. The summed E-state index contributed by atoms with van der Waals surface area (Å²) in [6.07, 6.45) is 0. The van der Waals surface area contributed by atoms with Crippen molar-refractivity contribution in [3.8, 4) is 0 Å². The number of nitrogens with two attached hydrogens (primary N) is 2. The molecule has 0 fully saturated rings. The molecule has 0 aliphatic carbocycles. The van der Waals surface area contributed by atoms with E-state index in [1.165, 1.54) is 0 Å². The van der Waals surface area contributed by atoms with E-state index in [0.29, 0.717) is 0 Å². The lowest BCUT2D eigenvalue weighted by molar-refractivity contribution is 0.803.